The first kappa shape index (κ1) is 9.21. The molecule has 1 N–H and O–H groups in total. The van der Waals surface area contributed by atoms with Crippen LogP contribution in [0.3, 0.4) is 0 Å². The zero-order valence-corrected chi connectivity index (χ0v) is 7.93. The number of hydrogen-bond donors (Lipinski definition) is 1. The number of nitriles is 1. The molecule has 5 nitrogen and oxygen atoms in total. The second-order valence-corrected chi connectivity index (χ2v) is 3.08. The van der Waals surface area contributed by atoms with Gasteiger partial charge in [-0.1, -0.05) is 0 Å². The van der Waals surface area contributed by atoms with E-state index in [4.69, 9.17) is 10.4 Å². The maximum Gasteiger partial charge on any atom is 0.354 e. The summed E-state index contributed by atoms with van der Waals surface area (Å²) in [6, 6.07) is 5.20. The van der Waals surface area contributed by atoms with E-state index in [2.05, 4.69) is 4.98 Å². The molecule has 0 unspecified atom stereocenters. The lowest BCUT2D eigenvalue weighted by Crippen LogP contribution is -2.03. The van der Waals surface area contributed by atoms with Crippen molar-refractivity contribution in [1.82, 2.24) is 9.38 Å². The van der Waals surface area contributed by atoms with Crippen molar-refractivity contribution >= 4 is 11.6 Å². The molecule has 2 heterocycles. The van der Waals surface area contributed by atoms with Crippen LogP contribution >= 0.6 is 0 Å². The van der Waals surface area contributed by atoms with E-state index in [0.717, 1.165) is 0 Å². The van der Waals surface area contributed by atoms with E-state index in [1.165, 1.54) is 4.40 Å². The lowest BCUT2D eigenvalue weighted by molar-refractivity contribution is 0.0688. The molecule has 0 fully saturated rings. The molecule has 5 heteroatoms. The Morgan fingerprint density at radius 2 is 2.40 bits per heavy atom. The van der Waals surface area contributed by atoms with Crippen molar-refractivity contribution in [2.75, 3.05) is 0 Å². The van der Waals surface area contributed by atoms with Crippen molar-refractivity contribution in [3.8, 4) is 6.07 Å². The normalized spacial score (nSPS) is 10.1. The van der Waals surface area contributed by atoms with Crippen LogP contribution in [-0.2, 0) is 0 Å². The van der Waals surface area contributed by atoms with Gasteiger partial charge in [-0.15, -0.1) is 0 Å². The van der Waals surface area contributed by atoms with E-state index in [-0.39, 0.29) is 5.69 Å². The standard InChI is InChI=1S/C10H7N3O2/c1-6-8(10(14)15)13-4-2-3-7(5-11)9(13)12-6/h2-4H,1H3,(H,14,15). The Bertz CT molecular complexity index is 592. The van der Waals surface area contributed by atoms with Crippen molar-refractivity contribution in [3.05, 3.63) is 35.3 Å². The van der Waals surface area contributed by atoms with E-state index >= 15 is 0 Å². The maximum atomic E-state index is 11.0. The van der Waals surface area contributed by atoms with E-state index in [0.29, 0.717) is 16.9 Å². The summed E-state index contributed by atoms with van der Waals surface area (Å²) in [5.74, 6) is -1.05. The van der Waals surface area contributed by atoms with Gasteiger partial charge in [-0.2, -0.15) is 5.26 Å². The van der Waals surface area contributed by atoms with Gasteiger partial charge in [0.2, 0.25) is 0 Å². The predicted molar refractivity (Wildman–Crippen MR) is 51.6 cm³/mol. The summed E-state index contributed by atoms with van der Waals surface area (Å²) >= 11 is 0. The first-order valence-electron chi connectivity index (χ1n) is 4.26. The molecule has 2 aromatic heterocycles. The first-order valence-corrected chi connectivity index (χ1v) is 4.26. The summed E-state index contributed by atoms with van der Waals surface area (Å²) in [6.45, 7) is 1.61. The molecule has 2 aromatic rings. The summed E-state index contributed by atoms with van der Waals surface area (Å²) < 4.78 is 1.41. The molecule has 15 heavy (non-hydrogen) atoms. The van der Waals surface area contributed by atoms with Crippen LogP contribution in [0.25, 0.3) is 5.65 Å². The molecule has 0 aliphatic heterocycles. The molecule has 74 valence electrons. The second kappa shape index (κ2) is 3.10. The number of aryl methyl sites for hydroxylation is 1. The van der Waals surface area contributed by atoms with Crippen molar-refractivity contribution < 1.29 is 9.90 Å². The van der Waals surface area contributed by atoms with Gasteiger partial charge in [0.25, 0.3) is 0 Å². The fraction of sp³-hybridized carbons (Fsp3) is 0.100. The number of imidazole rings is 1. The Hall–Kier alpha value is -2.35. The molecule has 0 saturated heterocycles. The Labute approximate surface area is 85.2 Å². The molecule has 0 aliphatic carbocycles. The highest BCUT2D eigenvalue weighted by molar-refractivity contribution is 5.88. The number of aromatic carboxylic acids is 1. The number of carbonyl (C=O) groups is 1. The number of pyridine rings is 1. The average Bonchev–Trinajstić information content (AvgIpc) is 2.53. The minimum absolute atomic E-state index is 0.0992. The summed E-state index contributed by atoms with van der Waals surface area (Å²) in [5, 5.41) is 17.8. The lowest BCUT2D eigenvalue weighted by Gasteiger charge is -1.97. The van der Waals surface area contributed by atoms with Crippen LogP contribution in [0.5, 0.6) is 0 Å². The molecule has 0 aromatic carbocycles. The molecule has 0 bridgehead atoms. The highest BCUT2D eigenvalue weighted by atomic mass is 16.4. The van der Waals surface area contributed by atoms with Gasteiger partial charge in [0.05, 0.1) is 11.3 Å². The highest BCUT2D eigenvalue weighted by Gasteiger charge is 2.16. The lowest BCUT2D eigenvalue weighted by atomic mass is 10.3. The third-order valence-electron chi connectivity index (χ3n) is 2.15. The summed E-state index contributed by atoms with van der Waals surface area (Å²) in [5.41, 5.74) is 1.26. The zero-order chi connectivity index (χ0) is 11.0. The third-order valence-corrected chi connectivity index (χ3v) is 2.15. The first-order chi connectivity index (χ1) is 7.15. The Balaban J connectivity index is 2.92. The second-order valence-electron chi connectivity index (χ2n) is 3.08. The van der Waals surface area contributed by atoms with Gasteiger partial charge in [-0.05, 0) is 19.1 Å². The fourth-order valence-corrected chi connectivity index (χ4v) is 1.53. The molecular formula is C10H7N3O2. The minimum atomic E-state index is -1.05. The summed E-state index contributed by atoms with van der Waals surface area (Å²) in [4.78, 5) is 15.0. The van der Waals surface area contributed by atoms with Crippen molar-refractivity contribution in [3.63, 3.8) is 0 Å². The predicted octanol–water partition coefficient (Wildman–Crippen LogP) is 1.21. The van der Waals surface area contributed by atoms with E-state index in [1.54, 1.807) is 25.3 Å². The summed E-state index contributed by atoms with van der Waals surface area (Å²) in [7, 11) is 0. The van der Waals surface area contributed by atoms with Crippen LogP contribution in [0.2, 0.25) is 0 Å². The van der Waals surface area contributed by atoms with Crippen molar-refractivity contribution in [1.29, 1.82) is 5.26 Å². The van der Waals surface area contributed by atoms with Crippen LogP contribution in [0.15, 0.2) is 18.3 Å². The minimum Gasteiger partial charge on any atom is -0.477 e. The van der Waals surface area contributed by atoms with E-state index in [1.807, 2.05) is 6.07 Å². The molecule has 0 atom stereocenters. The van der Waals surface area contributed by atoms with Gasteiger partial charge in [0.15, 0.2) is 11.3 Å². The van der Waals surface area contributed by atoms with E-state index in [9.17, 15) is 4.79 Å². The fourth-order valence-electron chi connectivity index (χ4n) is 1.53. The monoisotopic (exact) mass is 201 g/mol. The number of fused-ring (bicyclic) bond motifs is 1. The third kappa shape index (κ3) is 1.23. The number of hydrogen-bond acceptors (Lipinski definition) is 3. The SMILES string of the molecule is Cc1nc2c(C#N)cccn2c1C(=O)O. The van der Waals surface area contributed by atoms with Gasteiger partial charge in [-0.25, -0.2) is 9.78 Å². The number of aromatic nitrogens is 2. The average molecular weight is 201 g/mol. The molecule has 0 radical (unpaired) electrons. The Morgan fingerprint density at radius 1 is 1.67 bits per heavy atom. The quantitative estimate of drug-likeness (QED) is 0.752. The smallest absolute Gasteiger partial charge is 0.354 e. The van der Waals surface area contributed by atoms with Gasteiger partial charge in [0, 0.05) is 6.20 Å². The van der Waals surface area contributed by atoms with Crippen molar-refractivity contribution in [2.24, 2.45) is 0 Å². The van der Waals surface area contributed by atoms with Gasteiger partial charge in [-0.3, -0.25) is 4.40 Å². The molecule has 0 aliphatic rings. The molecule has 0 amide bonds. The maximum absolute atomic E-state index is 11.0. The van der Waals surface area contributed by atoms with Crippen LogP contribution in [-0.4, -0.2) is 20.5 Å². The number of carboxylic acids is 1. The molecule has 2 rings (SSSR count). The number of nitrogens with zero attached hydrogens (tertiary/aromatic N) is 3. The number of carboxylic acid groups (broad SMARTS) is 1. The highest BCUT2D eigenvalue weighted by Crippen LogP contribution is 2.15. The van der Waals surface area contributed by atoms with Crippen LogP contribution in [0, 0.1) is 18.3 Å². The molecule has 0 spiro atoms. The largest absolute Gasteiger partial charge is 0.477 e. The number of rotatable bonds is 1. The summed E-state index contributed by atoms with van der Waals surface area (Å²) in [6.07, 6.45) is 1.58. The van der Waals surface area contributed by atoms with Crippen LogP contribution < -0.4 is 0 Å². The van der Waals surface area contributed by atoms with Gasteiger partial charge in [0.1, 0.15) is 6.07 Å². The van der Waals surface area contributed by atoms with Crippen LogP contribution in [0.1, 0.15) is 21.7 Å². The van der Waals surface area contributed by atoms with Crippen molar-refractivity contribution in [2.45, 2.75) is 6.92 Å². The van der Waals surface area contributed by atoms with Gasteiger partial charge >= 0.3 is 5.97 Å². The Kier molecular flexibility index (Phi) is 1.90. The molecule has 0 saturated carbocycles. The molecular weight excluding hydrogens is 194 g/mol. The van der Waals surface area contributed by atoms with E-state index < -0.39 is 5.97 Å². The topological polar surface area (TPSA) is 78.4 Å². The van der Waals surface area contributed by atoms with Gasteiger partial charge < -0.3 is 5.11 Å². The zero-order valence-electron chi connectivity index (χ0n) is 7.93. The Morgan fingerprint density at radius 3 is 3.00 bits per heavy atom. The van der Waals surface area contributed by atoms with Crippen LogP contribution in [0.4, 0.5) is 0 Å².